The molecule has 0 radical (unpaired) electrons. The van der Waals surface area contributed by atoms with Gasteiger partial charge in [0.25, 0.3) is 5.56 Å². The maximum atomic E-state index is 12.1. The van der Waals surface area contributed by atoms with Crippen LogP contribution in [0.15, 0.2) is 17.1 Å². The largest absolute Gasteiger partial charge is 0.368 e. The molecule has 2 heterocycles. The van der Waals surface area contributed by atoms with Crippen molar-refractivity contribution < 1.29 is 0 Å². The summed E-state index contributed by atoms with van der Waals surface area (Å²) in [6.45, 7) is 11.6. The molecule has 1 aliphatic heterocycles. The first-order valence-electron chi connectivity index (χ1n) is 7.61. The van der Waals surface area contributed by atoms with Gasteiger partial charge in [-0.05, 0) is 27.8 Å². The molecule has 6 nitrogen and oxygen atoms in total. The molecule has 1 N–H and O–H groups in total. The molecule has 0 spiro atoms. The van der Waals surface area contributed by atoms with Crippen molar-refractivity contribution in [2.75, 3.05) is 44.7 Å². The Morgan fingerprint density at radius 1 is 1.24 bits per heavy atom. The van der Waals surface area contributed by atoms with E-state index in [-0.39, 0.29) is 11.1 Å². The minimum Gasteiger partial charge on any atom is -0.368 e. The van der Waals surface area contributed by atoms with Crippen LogP contribution in [0.5, 0.6) is 0 Å². The quantitative estimate of drug-likeness (QED) is 0.870. The zero-order chi connectivity index (χ0) is 15.5. The van der Waals surface area contributed by atoms with Crippen LogP contribution in [0, 0.1) is 0 Å². The minimum absolute atomic E-state index is 0.0258. The molecule has 1 aromatic rings. The highest BCUT2D eigenvalue weighted by molar-refractivity contribution is 5.43. The van der Waals surface area contributed by atoms with Crippen LogP contribution < -0.4 is 15.8 Å². The molecule has 6 heteroatoms. The maximum Gasteiger partial charge on any atom is 0.268 e. The summed E-state index contributed by atoms with van der Waals surface area (Å²) in [4.78, 5) is 16.7. The lowest BCUT2D eigenvalue weighted by molar-refractivity contribution is 0.312. The number of nitrogens with one attached hydrogen (secondary N) is 1. The topological polar surface area (TPSA) is 53.4 Å². The van der Waals surface area contributed by atoms with E-state index in [1.165, 1.54) is 4.68 Å². The van der Waals surface area contributed by atoms with Gasteiger partial charge >= 0.3 is 0 Å². The molecule has 1 fully saturated rings. The first kappa shape index (κ1) is 16.0. The van der Waals surface area contributed by atoms with Gasteiger partial charge in [-0.3, -0.25) is 4.79 Å². The van der Waals surface area contributed by atoms with E-state index in [0.717, 1.165) is 38.4 Å². The van der Waals surface area contributed by atoms with Crippen LogP contribution in [0.4, 0.5) is 5.69 Å². The highest BCUT2D eigenvalue weighted by Gasteiger charge is 2.15. The second kappa shape index (κ2) is 6.58. The van der Waals surface area contributed by atoms with Crippen molar-refractivity contribution in [2.45, 2.75) is 32.9 Å². The second-order valence-corrected chi connectivity index (χ2v) is 6.74. The van der Waals surface area contributed by atoms with Gasteiger partial charge in [0.05, 0.1) is 18.4 Å². The Morgan fingerprint density at radius 2 is 1.90 bits per heavy atom. The number of nitrogens with zero attached hydrogens (tertiary/aromatic N) is 4. The molecule has 2 rings (SSSR count). The van der Waals surface area contributed by atoms with Gasteiger partial charge in [0.2, 0.25) is 0 Å². The van der Waals surface area contributed by atoms with Crippen LogP contribution in [-0.4, -0.2) is 60.0 Å². The molecule has 0 unspecified atom stereocenters. The summed E-state index contributed by atoms with van der Waals surface area (Å²) in [5.41, 5.74) is 0.971. The monoisotopic (exact) mass is 293 g/mol. The lowest BCUT2D eigenvalue weighted by Gasteiger charge is -2.33. The Hall–Kier alpha value is -1.40. The van der Waals surface area contributed by atoms with Gasteiger partial charge in [-0.25, -0.2) is 4.68 Å². The van der Waals surface area contributed by atoms with Crippen LogP contribution in [0.3, 0.4) is 0 Å². The molecule has 0 aromatic carbocycles. The van der Waals surface area contributed by atoms with Crippen LogP contribution in [0.2, 0.25) is 0 Å². The molecular weight excluding hydrogens is 266 g/mol. The summed E-state index contributed by atoms with van der Waals surface area (Å²) in [6, 6.07) is 1.70. The summed E-state index contributed by atoms with van der Waals surface area (Å²) >= 11 is 0. The standard InChI is InChI=1S/C15H27N5O/c1-15(2,3)16-5-6-20-14(21)11-13(12-17-20)19-9-7-18(4)8-10-19/h11-12,16H,5-10H2,1-4H3. The predicted octanol–water partition coefficient (Wildman–Crippen LogP) is 0.383. The molecule has 1 aliphatic rings. The van der Waals surface area contributed by atoms with E-state index in [0.29, 0.717) is 6.54 Å². The van der Waals surface area contributed by atoms with Crippen molar-refractivity contribution in [3.63, 3.8) is 0 Å². The van der Waals surface area contributed by atoms with Gasteiger partial charge in [-0.2, -0.15) is 5.10 Å². The average molecular weight is 293 g/mol. The fraction of sp³-hybridized carbons (Fsp3) is 0.733. The number of anilines is 1. The van der Waals surface area contributed by atoms with Crippen molar-refractivity contribution in [2.24, 2.45) is 0 Å². The maximum absolute atomic E-state index is 12.1. The zero-order valence-corrected chi connectivity index (χ0v) is 13.6. The van der Waals surface area contributed by atoms with Crippen molar-refractivity contribution in [3.8, 4) is 0 Å². The molecular formula is C15H27N5O. The van der Waals surface area contributed by atoms with Crippen LogP contribution in [0.25, 0.3) is 0 Å². The third-order valence-corrected chi connectivity index (χ3v) is 3.70. The van der Waals surface area contributed by atoms with E-state index < -0.39 is 0 Å². The molecule has 1 saturated heterocycles. The molecule has 0 saturated carbocycles. The van der Waals surface area contributed by atoms with E-state index >= 15 is 0 Å². The normalized spacial score (nSPS) is 17.2. The average Bonchev–Trinajstić information content (AvgIpc) is 2.40. The van der Waals surface area contributed by atoms with Gasteiger partial charge in [-0.1, -0.05) is 0 Å². The van der Waals surface area contributed by atoms with E-state index in [1.54, 1.807) is 6.07 Å². The lowest BCUT2D eigenvalue weighted by atomic mass is 10.1. The highest BCUT2D eigenvalue weighted by atomic mass is 16.1. The van der Waals surface area contributed by atoms with Crippen molar-refractivity contribution in [1.82, 2.24) is 20.0 Å². The summed E-state index contributed by atoms with van der Waals surface area (Å²) < 4.78 is 1.53. The van der Waals surface area contributed by atoms with Gasteiger partial charge < -0.3 is 15.1 Å². The third-order valence-electron chi connectivity index (χ3n) is 3.70. The van der Waals surface area contributed by atoms with Gasteiger partial charge in [-0.15, -0.1) is 0 Å². The number of hydrogen-bond acceptors (Lipinski definition) is 5. The van der Waals surface area contributed by atoms with Crippen LogP contribution in [0.1, 0.15) is 20.8 Å². The van der Waals surface area contributed by atoms with Gasteiger partial charge in [0, 0.05) is 44.3 Å². The van der Waals surface area contributed by atoms with Crippen molar-refractivity contribution >= 4 is 5.69 Å². The molecule has 118 valence electrons. The van der Waals surface area contributed by atoms with E-state index in [1.807, 2.05) is 6.20 Å². The Balaban J connectivity index is 1.96. The smallest absolute Gasteiger partial charge is 0.268 e. The molecule has 1 aromatic heterocycles. The Labute approximate surface area is 126 Å². The number of aromatic nitrogens is 2. The Morgan fingerprint density at radius 3 is 2.48 bits per heavy atom. The molecule has 0 amide bonds. The number of rotatable bonds is 4. The number of hydrogen-bond donors (Lipinski definition) is 1. The fourth-order valence-electron chi connectivity index (χ4n) is 2.37. The van der Waals surface area contributed by atoms with E-state index in [9.17, 15) is 4.79 Å². The van der Waals surface area contributed by atoms with Crippen molar-refractivity contribution in [1.29, 1.82) is 0 Å². The number of likely N-dealkylation sites (N-methyl/N-ethyl adjacent to an activating group) is 1. The Kier molecular flexibility index (Phi) is 5.00. The molecule has 21 heavy (non-hydrogen) atoms. The third kappa shape index (κ3) is 4.82. The summed E-state index contributed by atoms with van der Waals surface area (Å²) in [7, 11) is 2.12. The summed E-state index contributed by atoms with van der Waals surface area (Å²) in [5, 5.41) is 7.67. The van der Waals surface area contributed by atoms with Gasteiger partial charge in [0.15, 0.2) is 0 Å². The van der Waals surface area contributed by atoms with Crippen molar-refractivity contribution in [3.05, 3.63) is 22.6 Å². The Bertz CT molecular complexity index is 512. The first-order chi connectivity index (χ1) is 9.85. The summed E-state index contributed by atoms with van der Waals surface area (Å²) in [6.07, 6.45) is 1.81. The SMILES string of the molecule is CN1CCN(c2cnn(CCNC(C)(C)C)c(=O)c2)CC1. The van der Waals surface area contributed by atoms with Gasteiger partial charge in [0.1, 0.15) is 0 Å². The van der Waals surface area contributed by atoms with E-state index in [2.05, 4.69) is 48.0 Å². The minimum atomic E-state index is -0.0258. The predicted molar refractivity (Wildman–Crippen MR) is 86.0 cm³/mol. The highest BCUT2D eigenvalue weighted by Crippen LogP contribution is 2.11. The molecule has 0 bridgehead atoms. The van der Waals surface area contributed by atoms with Crippen LogP contribution in [-0.2, 0) is 6.54 Å². The summed E-state index contributed by atoms with van der Waals surface area (Å²) in [5.74, 6) is 0. The molecule has 0 aliphatic carbocycles. The fourth-order valence-corrected chi connectivity index (χ4v) is 2.37. The first-order valence-corrected chi connectivity index (χ1v) is 7.61. The van der Waals surface area contributed by atoms with Crippen LogP contribution >= 0.6 is 0 Å². The molecule has 0 atom stereocenters. The number of piperazine rings is 1. The zero-order valence-electron chi connectivity index (χ0n) is 13.6. The second-order valence-electron chi connectivity index (χ2n) is 6.74. The lowest BCUT2D eigenvalue weighted by Crippen LogP contribution is -2.45. The van der Waals surface area contributed by atoms with E-state index in [4.69, 9.17) is 0 Å².